The van der Waals surface area contributed by atoms with Crippen LogP contribution in [0.15, 0.2) is 64.5 Å². The number of hydrogen-bond acceptors (Lipinski definition) is 5. The van der Waals surface area contributed by atoms with Crippen molar-refractivity contribution in [2.45, 2.75) is 25.4 Å². The molecular formula is C23H22ClN5O2S. The molecule has 2 aromatic heterocycles. The Morgan fingerprint density at radius 1 is 1.06 bits per heavy atom. The first-order valence-electron chi connectivity index (χ1n) is 10.1. The van der Waals surface area contributed by atoms with Crippen LogP contribution in [0.25, 0.3) is 22.8 Å². The third-order valence-electron chi connectivity index (χ3n) is 5.18. The number of thioether (sulfide) groups is 1. The molecule has 0 aliphatic carbocycles. The Kier molecular flexibility index (Phi) is 6.34. The molecule has 2 aromatic carbocycles. The third kappa shape index (κ3) is 4.03. The van der Waals surface area contributed by atoms with Crippen LogP contribution in [0.4, 0.5) is 0 Å². The molecule has 4 rings (SSSR count). The lowest BCUT2D eigenvalue weighted by Crippen LogP contribution is -2.21. The number of para-hydroxylation sites is 1. The van der Waals surface area contributed by atoms with Crippen molar-refractivity contribution in [1.82, 2.24) is 24.1 Å². The summed E-state index contributed by atoms with van der Waals surface area (Å²) < 4.78 is 5.18. The van der Waals surface area contributed by atoms with Crippen molar-refractivity contribution in [3.8, 4) is 22.8 Å². The molecule has 0 atom stereocenters. The summed E-state index contributed by atoms with van der Waals surface area (Å²) in [5.74, 6) is 1.11. The quantitative estimate of drug-likeness (QED) is 0.375. The third-order valence-corrected chi connectivity index (χ3v) is 6.44. The van der Waals surface area contributed by atoms with Gasteiger partial charge >= 0.3 is 0 Å². The van der Waals surface area contributed by atoms with Crippen molar-refractivity contribution in [1.29, 1.82) is 0 Å². The van der Waals surface area contributed by atoms with Crippen LogP contribution in [-0.2, 0) is 11.8 Å². The molecule has 0 bridgehead atoms. The normalized spacial score (nSPS) is 11.1. The van der Waals surface area contributed by atoms with Gasteiger partial charge in [-0.05, 0) is 38.1 Å². The molecule has 0 unspecified atom stereocenters. The number of carbonyl (C=O) groups is 1. The van der Waals surface area contributed by atoms with Crippen molar-refractivity contribution in [2.75, 3.05) is 5.75 Å². The van der Waals surface area contributed by atoms with Gasteiger partial charge in [-0.2, -0.15) is 0 Å². The van der Waals surface area contributed by atoms with Gasteiger partial charge in [0.1, 0.15) is 11.5 Å². The maximum Gasteiger partial charge on any atom is 0.296 e. The van der Waals surface area contributed by atoms with Gasteiger partial charge in [0.25, 0.3) is 5.56 Å². The lowest BCUT2D eigenvalue weighted by molar-refractivity contribution is -0.116. The maximum atomic E-state index is 13.7. The van der Waals surface area contributed by atoms with Crippen LogP contribution in [0.1, 0.15) is 19.0 Å². The molecular weight excluding hydrogens is 446 g/mol. The van der Waals surface area contributed by atoms with Crippen molar-refractivity contribution >= 4 is 29.1 Å². The molecule has 0 aliphatic rings. The Labute approximate surface area is 194 Å². The summed E-state index contributed by atoms with van der Waals surface area (Å²) in [5.41, 5.74) is 2.43. The summed E-state index contributed by atoms with van der Waals surface area (Å²) in [5, 5.41) is 9.78. The fourth-order valence-electron chi connectivity index (χ4n) is 3.48. The van der Waals surface area contributed by atoms with E-state index in [9.17, 15) is 9.59 Å². The Morgan fingerprint density at radius 3 is 2.44 bits per heavy atom. The predicted octanol–water partition coefficient (Wildman–Crippen LogP) is 4.46. The molecule has 7 nitrogen and oxygen atoms in total. The van der Waals surface area contributed by atoms with Crippen molar-refractivity contribution in [3.05, 3.63) is 75.7 Å². The zero-order chi connectivity index (χ0) is 22.8. The zero-order valence-electron chi connectivity index (χ0n) is 17.9. The lowest BCUT2D eigenvalue weighted by atomic mass is 10.2. The van der Waals surface area contributed by atoms with E-state index < -0.39 is 0 Å². The number of rotatable bonds is 7. The average Bonchev–Trinajstić information content (AvgIpc) is 3.27. The molecule has 0 aliphatic heterocycles. The van der Waals surface area contributed by atoms with E-state index in [-0.39, 0.29) is 11.3 Å². The summed E-state index contributed by atoms with van der Waals surface area (Å²) >= 11 is 7.85. The lowest BCUT2D eigenvalue weighted by Gasteiger charge is -2.10. The highest BCUT2D eigenvalue weighted by Gasteiger charge is 2.25. The summed E-state index contributed by atoms with van der Waals surface area (Å²) in [6, 6.07) is 16.8. The van der Waals surface area contributed by atoms with E-state index in [0.29, 0.717) is 39.4 Å². The molecule has 0 spiro atoms. The fourth-order valence-corrected chi connectivity index (χ4v) is 4.68. The molecule has 0 fully saturated rings. The van der Waals surface area contributed by atoms with Crippen molar-refractivity contribution < 1.29 is 4.79 Å². The summed E-state index contributed by atoms with van der Waals surface area (Å²) in [4.78, 5) is 25.1. The highest BCUT2D eigenvalue weighted by Crippen LogP contribution is 2.32. The zero-order valence-corrected chi connectivity index (χ0v) is 19.5. The molecule has 9 heteroatoms. The topological polar surface area (TPSA) is 74.7 Å². The Balaban J connectivity index is 1.94. The summed E-state index contributed by atoms with van der Waals surface area (Å²) in [6.45, 7) is 3.44. The van der Waals surface area contributed by atoms with Crippen LogP contribution < -0.4 is 5.56 Å². The van der Waals surface area contributed by atoms with E-state index in [1.807, 2.05) is 67.2 Å². The summed E-state index contributed by atoms with van der Waals surface area (Å²) in [6.07, 6.45) is 0.404. The fraction of sp³-hybridized carbons (Fsp3) is 0.217. The van der Waals surface area contributed by atoms with Crippen LogP contribution in [0.2, 0.25) is 5.02 Å². The second-order valence-corrected chi connectivity index (χ2v) is 8.80. The molecule has 0 radical (unpaired) electrons. The largest absolute Gasteiger partial charge is 0.300 e. The molecule has 0 N–H and O–H groups in total. The minimum atomic E-state index is -0.197. The van der Waals surface area contributed by atoms with Gasteiger partial charge in [-0.1, -0.05) is 53.7 Å². The highest BCUT2D eigenvalue weighted by molar-refractivity contribution is 7.99. The highest BCUT2D eigenvalue weighted by atomic mass is 35.5. The number of nitrogens with zero attached hydrogens (tertiary/aromatic N) is 5. The van der Waals surface area contributed by atoms with Gasteiger partial charge in [0.2, 0.25) is 0 Å². The smallest absolute Gasteiger partial charge is 0.296 e. The van der Waals surface area contributed by atoms with E-state index in [2.05, 4.69) is 10.2 Å². The molecule has 0 saturated heterocycles. The first-order valence-corrected chi connectivity index (χ1v) is 11.4. The molecule has 32 heavy (non-hydrogen) atoms. The Morgan fingerprint density at radius 2 is 1.75 bits per heavy atom. The number of ketones is 1. The molecule has 2 heterocycles. The minimum absolute atomic E-state index is 0.0946. The number of hydrogen-bond donors (Lipinski definition) is 0. The van der Waals surface area contributed by atoms with Gasteiger partial charge < -0.3 is 0 Å². The maximum absolute atomic E-state index is 13.7. The predicted molar refractivity (Wildman–Crippen MR) is 127 cm³/mol. The monoisotopic (exact) mass is 467 g/mol. The molecule has 0 amide bonds. The molecule has 164 valence electrons. The minimum Gasteiger partial charge on any atom is -0.300 e. The van der Waals surface area contributed by atoms with Crippen LogP contribution in [0.3, 0.4) is 0 Å². The van der Waals surface area contributed by atoms with E-state index in [4.69, 9.17) is 11.6 Å². The summed E-state index contributed by atoms with van der Waals surface area (Å²) in [7, 11) is 1.84. The van der Waals surface area contributed by atoms with Gasteiger partial charge in [-0.25, -0.2) is 4.68 Å². The molecule has 0 saturated carbocycles. The van der Waals surface area contributed by atoms with Crippen molar-refractivity contribution in [3.63, 3.8) is 0 Å². The van der Waals surface area contributed by atoms with Gasteiger partial charge in [0.05, 0.1) is 16.4 Å². The SMILES string of the molecule is CC(=O)CCSc1nnc(-c2ccccc2Cl)n1-c1c(C)n(C)n(-c2ccccc2)c1=O. The number of aromatic nitrogens is 5. The second-order valence-electron chi connectivity index (χ2n) is 7.33. The van der Waals surface area contributed by atoms with Crippen molar-refractivity contribution in [2.24, 2.45) is 7.05 Å². The van der Waals surface area contributed by atoms with Gasteiger partial charge in [-0.15, -0.1) is 10.2 Å². The number of benzene rings is 2. The van der Waals surface area contributed by atoms with E-state index in [0.717, 1.165) is 11.4 Å². The van der Waals surface area contributed by atoms with Crippen LogP contribution in [0, 0.1) is 6.92 Å². The second kappa shape index (κ2) is 9.18. The number of Topliss-reactive ketones (excluding diaryl/α,β-unsaturated/α-hetero) is 1. The van der Waals surface area contributed by atoms with Gasteiger partial charge in [0, 0.05) is 24.8 Å². The van der Waals surface area contributed by atoms with Gasteiger partial charge in [-0.3, -0.25) is 18.8 Å². The van der Waals surface area contributed by atoms with Crippen LogP contribution in [0.5, 0.6) is 0 Å². The average molecular weight is 468 g/mol. The first kappa shape index (κ1) is 22.1. The van der Waals surface area contributed by atoms with Crippen LogP contribution in [-0.4, -0.2) is 35.7 Å². The van der Waals surface area contributed by atoms with Gasteiger partial charge in [0.15, 0.2) is 11.0 Å². The first-order chi connectivity index (χ1) is 15.4. The van der Waals surface area contributed by atoms with E-state index in [1.165, 1.54) is 11.8 Å². The number of carbonyl (C=O) groups excluding carboxylic acids is 1. The Hall–Kier alpha value is -3.10. The van der Waals surface area contributed by atoms with E-state index in [1.54, 1.807) is 22.2 Å². The Bertz CT molecular complexity index is 1340. The van der Waals surface area contributed by atoms with E-state index >= 15 is 0 Å². The van der Waals surface area contributed by atoms with Crippen LogP contribution >= 0.6 is 23.4 Å². The standard InChI is InChI=1S/C23H22ClN5O2S/c1-15(30)13-14-32-23-26-25-21(18-11-7-8-12-19(18)24)28(23)20-16(2)27(3)29(22(20)31)17-9-5-4-6-10-17/h4-12H,13-14H2,1-3H3. The molecule has 4 aromatic rings. The number of halogens is 1.